The van der Waals surface area contributed by atoms with E-state index < -0.39 is 10.0 Å². The van der Waals surface area contributed by atoms with Crippen LogP contribution in [0, 0.1) is 6.92 Å². The Balaban J connectivity index is 1.37. The number of hydrogen-bond acceptors (Lipinski definition) is 8. The molecule has 40 heavy (non-hydrogen) atoms. The summed E-state index contributed by atoms with van der Waals surface area (Å²) >= 11 is 6.07. The van der Waals surface area contributed by atoms with Crippen molar-refractivity contribution in [2.24, 2.45) is 0 Å². The number of rotatable bonds is 8. The standard InChI is InChI=1S/C29H34ClN7O2S/c1-5-19-14-20(15-21-16-32-29(35-28(19)21)34-22-6-8-23(9-7-22)37(3)4)24-10-11-27(33-18(24)2)36-40(38,39)26-17-31-13-12-25(26)30/h10-17,22-23H,5-9H2,1-4H3,(H,33,36)(H,32,34,35)/t22-,23-. The summed E-state index contributed by atoms with van der Waals surface area (Å²) in [6.45, 7) is 3.97. The fourth-order valence-corrected chi connectivity index (χ4v) is 6.74. The van der Waals surface area contributed by atoms with E-state index in [1.54, 1.807) is 6.07 Å². The summed E-state index contributed by atoms with van der Waals surface area (Å²) in [6.07, 6.45) is 9.90. The van der Waals surface area contributed by atoms with E-state index >= 15 is 0 Å². The summed E-state index contributed by atoms with van der Waals surface area (Å²) < 4.78 is 28.1. The van der Waals surface area contributed by atoms with Gasteiger partial charge in [-0.25, -0.2) is 23.4 Å². The molecule has 1 fully saturated rings. The number of halogens is 1. The Labute approximate surface area is 240 Å². The first kappa shape index (κ1) is 28.2. The lowest BCUT2D eigenvalue weighted by Crippen LogP contribution is -2.36. The molecule has 210 valence electrons. The Bertz CT molecular complexity index is 1640. The quantitative estimate of drug-likeness (QED) is 0.273. The number of sulfonamides is 1. The van der Waals surface area contributed by atoms with E-state index in [-0.39, 0.29) is 15.7 Å². The normalized spacial score (nSPS) is 17.8. The summed E-state index contributed by atoms with van der Waals surface area (Å²) in [5.74, 6) is 0.878. The molecule has 1 saturated carbocycles. The van der Waals surface area contributed by atoms with Gasteiger partial charge in [0, 0.05) is 47.3 Å². The van der Waals surface area contributed by atoms with Crippen LogP contribution in [0.4, 0.5) is 11.8 Å². The summed E-state index contributed by atoms with van der Waals surface area (Å²) in [5.41, 5.74) is 4.62. The molecule has 5 rings (SSSR count). The summed E-state index contributed by atoms with van der Waals surface area (Å²) in [5, 5.41) is 4.60. The van der Waals surface area contributed by atoms with Gasteiger partial charge in [-0.2, -0.15) is 0 Å². The Hall–Kier alpha value is -3.34. The molecule has 3 heterocycles. The molecule has 0 atom stereocenters. The van der Waals surface area contributed by atoms with Crippen molar-refractivity contribution in [3.8, 4) is 11.1 Å². The maximum Gasteiger partial charge on any atom is 0.266 e. The molecular formula is C29H34ClN7O2S. The Morgan fingerprint density at radius 3 is 2.50 bits per heavy atom. The smallest absolute Gasteiger partial charge is 0.266 e. The van der Waals surface area contributed by atoms with Crippen LogP contribution in [0.2, 0.25) is 5.02 Å². The molecule has 0 saturated heterocycles. The van der Waals surface area contributed by atoms with Gasteiger partial charge in [-0.3, -0.25) is 9.71 Å². The first-order valence-corrected chi connectivity index (χ1v) is 15.3. The highest BCUT2D eigenvalue weighted by molar-refractivity contribution is 7.92. The first-order chi connectivity index (χ1) is 19.1. The predicted molar refractivity (Wildman–Crippen MR) is 160 cm³/mol. The second kappa shape index (κ2) is 11.6. The van der Waals surface area contributed by atoms with Crippen molar-refractivity contribution in [3.63, 3.8) is 0 Å². The first-order valence-electron chi connectivity index (χ1n) is 13.5. The van der Waals surface area contributed by atoms with Crippen LogP contribution in [-0.2, 0) is 16.4 Å². The second-order valence-corrected chi connectivity index (χ2v) is 12.5. The Kier molecular flexibility index (Phi) is 8.21. The number of pyridine rings is 2. The lowest BCUT2D eigenvalue weighted by molar-refractivity contribution is 0.221. The molecule has 0 spiro atoms. The van der Waals surface area contributed by atoms with E-state index in [4.69, 9.17) is 16.6 Å². The number of hydrogen-bond donors (Lipinski definition) is 2. The summed E-state index contributed by atoms with van der Waals surface area (Å²) in [6, 6.07) is 10.2. The van der Waals surface area contributed by atoms with Crippen molar-refractivity contribution in [1.82, 2.24) is 24.8 Å². The van der Waals surface area contributed by atoms with Crippen LogP contribution in [0.25, 0.3) is 22.0 Å². The average Bonchev–Trinajstić information content (AvgIpc) is 2.93. The summed E-state index contributed by atoms with van der Waals surface area (Å²) in [7, 11) is 0.373. The maximum atomic E-state index is 12.8. The van der Waals surface area contributed by atoms with E-state index in [1.807, 2.05) is 19.2 Å². The highest BCUT2D eigenvalue weighted by Crippen LogP contribution is 2.31. The SMILES string of the molecule is CCc1cc(-c2ccc(NS(=O)(=O)c3cnccc3Cl)nc2C)cc2cnc(N[C@H]3CC[C@H](N(C)C)CC3)nc12. The van der Waals surface area contributed by atoms with Gasteiger partial charge in [0.2, 0.25) is 5.95 Å². The second-order valence-electron chi connectivity index (χ2n) is 10.5. The molecule has 4 aromatic rings. The van der Waals surface area contributed by atoms with Gasteiger partial charge in [0.1, 0.15) is 10.7 Å². The lowest BCUT2D eigenvalue weighted by atomic mass is 9.90. The fraction of sp³-hybridized carbons (Fsp3) is 0.379. The number of nitrogens with zero attached hydrogens (tertiary/aromatic N) is 5. The van der Waals surface area contributed by atoms with Crippen LogP contribution in [0.1, 0.15) is 43.9 Å². The Morgan fingerprint density at radius 1 is 1.05 bits per heavy atom. The fourth-order valence-electron chi connectivity index (χ4n) is 5.31. The van der Waals surface area contributed by atoms with Crippen molar-refractivity contribution in [2.45, 2.75) is 62.9 Å². The zero-order chi connectivity index (χ0) is 28.4. The molecule has 0 radical (unpaired) electrons. The zero-order valence-corrected chi connectivity index (χ0v) is 24.7. The topological polar surface area (TPSA) is 113 Å². The zero-order valence-electron chi connectivity index (χ0n) is 23.1. The van der Waals surface area contributed by atoms with Gasteiger partial charge < -0.3 is 10.2 Å². The van der Waals surface area contributed by atoms with Crippen molar-refractivity contribution in [1.29, 1.82) is 0 Å². The van der Waals surface area contributed by atoms with E-state index in [2.05, 4.69) is 63.0 Å². The van der Waals surface area contributed by atoms with Gasteiger partial charge in [0.15, 0.2) is 0 Å². The molecule has 0 unspecified atom stereocenters. The minimum atomic E-state index is -3.93. The average molecular weight is 580 g/mol. The molecule has 11 heteroatoms. The molecule has 2 N–H and O–H groups in total. The molecule has 1 aliphatic rings. The lowest BCUT2D eigenvalue weighted by Gasteiger charge is -2.33. The molecular weight excluding hydrogens is 546 g/mol. The highest BCUT2D eigenvalue weighted by Gasteiger charge is 2.23. The van der Waals surface area contributed by atoms with Crippen LogP contribution < -0.4 is 10.0 Å². The van der Waals surface area contributed by atoms with Crippen molar-refractivity contribution < 1.29 is 8.42 Å². The minimum absolute atomic E-state index is 0.0939. The van der Waals surface area contributed by atoms with Gasteiger partial charge in [-0.1, -0.05) is 18.5 Å². The predicted octanol–water partition coefficient (Wildman–Crippen LogP) is 5.70. The van der Waals surface area contributed by atoms with Crippen molar-refractivity contribution in [2.75, 3.05) is 24.1 Å². The van der Waals surface area contributed by atoms with Crippen LogP contribution >= 0.6 is 11.6 Å². The van der Waals surface area contributed by atoms with Gasteiger partial charge in [0.25, 0.3) is 10.0 Å². The number of anilines is 2. The monoisotopic (exact) mass is 579 g/mol. The summed E-state index contributed by atoms with van der Waals surface area (Å²) in [4.78, 5) is 20.1. The van der Waals surface area contributed by atoms with Gasteiger partial charge in [0.05, 0.1) is 10.5 Å². The molecule has 1 aliphatic carbocycles. The molecule has 0 aliphatic heterocycles. The van der Waals surface area contributed by atoms with E-state index in [1.165, 1.54) is 31.3 Å². The molecule has 0 amide bonds. The largest absolute Gasteiger partial charge is 0.351 e. The van der Waals surface area contributed by atoms with Gasteiger partial charge in [-0.15, -0.1) is 0 Å². The van der Waals surface area contributed by atoms with Gasteiger partial charge in [-0.05, 0) is 94.6 Å². The third-order valence-electron chi connectivity index (χ3n) is 7.56. The molecule has 0 bridgehead atoms. The number of aryl methyl sites for hydroxylation is 2. The van der Waals surface area contributed by atoms with Crippen LogP contribution in [0.15, 0.2) is 53.8 Å². The number of aromatic nitrogens is 4. The number of benzene rings is 1. The minimum Gasteiger partial charge on any atom is -0.351 e. The van der Waals surface area contributed by atoms with Gasteiger partial charge >= 0.3 is 0 Å². The third-order valence-corrected chi connectivity index (χ3v) is 9.39. The molecule has 1 aromatic carbocycles. The van der Waals surface area contributed by atoms with E-state index in [9.17, 15) is 8.42 Å². The highest BCUT2D eigenvalue weighted by atomic mass is 35.5. The molecule has 3 aromatic heterocycles. The van der Waals surface area contributed by atoms with Crippen LogP contribution in [0.5, 0.6) is 0 Å². The number of fused-ring (bicyclic) bond motifs is 1. The van der Waals surface area contributed by atoms with Crippen LogP contribution in [-0.4, -0.2) is 59.4 Å². The van der Waals surface area contributed by atoms with Crippen molar-refractivity contribution in [3.05, 3.63) is 65.2 Å². The number of nitrogens with one attached hydrogen (secondary N) is 2. The Morgan fingerprint density at radius 2 is 1.82 bits per heavy atom. The maximum absolute atomic E-state index is 12.8. The van der Waals surface area contributed by atoms with Crippen molar-refractivity contribution >= 4 is 44.3 Å². The van der Waals surface area contributed by atoms with Crippen LogP contribution in [0.3, 0.4) is 0 Å². The molecule has 9 nitrogen and oxygen atoms in total. The third kappa shape index (κ3) is 6.04. The van der Waals surface area contributed by atoms with E-state index in [0.29, 0.717) is 23.7 Å². The van der Waals surface area contributed by atoms with E-state index in [0.717, 1.165) is 46.9 Å².